The smallest absolute Gasteiger partial charge is 0.209 e. The van der Waals surface area contributed by atoms with E-state index in [1.165, 1.54) is 6.07 Å². The molecule has 0 fully saturated rings. The van der Waals surface area contributed by atoms with Gasteiger partial charge in [0.25, 0.3) is 0 Å². The van der Waals surface area contributed by atoms with E-state index in [4.69, 9.17) is 5.73 Å². The highest BCUT2D eigenvalue weighted by Gasteiger charge is 2.15. The fraction of sp³-hybridized carbons (Fsp3) is 0.150. The SMILES string of the molecule is Cc1ccc(C(=O)c2ccc(Cc3ccc(N)cc3F)n2C)cc1. The minimum absolute atomic E-state index is 0.0403. The Balaban J connectivity index is 1.88. The molecule has 0 atom stereocenters. The van der Waals surface area contributed by atoms with Gasteiger partial charge in [0.05, 0.1) is 5.69 Å². The summed E-state index contributed by atoms with van der Waals surface area (Å²) in [6.45, 7) is 1.98. The largest absolute Gasteiger partial charge is 0.399 e. The maximum absolute atomic E-state index is 14.0. The van der Waals surface area contributed by atoms with Gasteiger partial charge >= 0.3 is 0 Å². The Morgan fingerprint density at radius 2 is 1.79 bits per heavy atom. The number of hydrogen-bond donors (Lipinski definition) is 1. The second-order valence-electron chi connectivity index (χ2n) is 5.99. The number of carbonyl (C=O) groups is 1. The average molecular weight is 322 g/mol. The van der Waals surface area contributed by atoms with Crippen molar-refractivity contribution in [2.45, 2.75) is 13.3 Å². The van der Waals surface area contributed by atoms with Crippen LogP contribution in [0.1, 0.15) is 32.9 Å². The molecule has 0 radical (unpaired) electrons. The van der Waals surface area contributed by atoms with Crippen molar-refractivity contribution in [3.63, 3.8) is 0 Å². The van der Waals surface area contributed by atoms with Crippen molar-refractivity contribution in [2.24, 2.45) is 7.05 Å². The van der Waals surface area contributed by atoms with Gasteiger partial charge in [0.1, 0.15) is 5.82 Å². The van der Waals surface area contributed by atoms with Gasteiger partial charge in [-0.1, -0.05) is 35.9 Å². The van der Waals surface area contributed by atoms with E-state index in [2.05, 4.69) is 0 Å². The number of anilines is 1. The van der Waals surface area contributed by atoms with Crippen LogP contribution in [-0.2, 0) is 13.5 Å². The Labute approximate surface area is 140 Å². The van der Waals surface area contributed by atoms with Crippen molar-refractivity contribution in [1.82, 2.24) is 4.57 Å². The number of rotatable bonds is 4. The number of nitrogens with zero attached hydrogens (tertiary/aromatic N) is 1. The number of aryl methyl sites for hydroxylation is 1. The molecule has 3 aromatic rings. The molecule has 0 aliphatic rings. The molecular weight excluding hydrogens is 303 g/mol. The van der Waals surface area contributed by atoms with Gasteiger partial charge in [-0.25, -0.2) is 4.39 Å². The predicted octanol–water partition coefficient (Wildman–Crippen LogP) is 3.88. The fourth-order valence-corrected chi connectivity index (χ4v) is 2.71. The summed E-state index contributed by atoms with van der Waals surface area (Å²) in [5, 5.41) is 0. The van der Waals surface area contributed by atoms with Crippen molar-refractivity contribution in [2.75, 3.05) is 5.73 Å². The van der Waals surface area contributed by atoms with E-state index in [0.717, 1.165) is 11.3 Å². The van der Waals surface area contributed by atoms with Crippen LogP contribution < -0.4 is 5.73 Å². The molecule has 0 saturated heterocycles. The molecule has 122 valence electrons. The lowest BCUT2D eigenvalue weighted by atomic mass is 10.1. The zero-order valence-electron chi connectivity index (χ0n) is 13.7. The van der Waals surface area contributed by atoms with Crippen molar-refractivity contribution in [3.8, 4) is 0 Å². The maximum Gasteiger partial charge on any atom is 0.209 e. The van der Waals surface area contributed by atoms with Crippen LogP contribution in [0.2, 0.25) is 0 Å². The molecule has 0 bridgehead atoms. The number of nitrogens with two attached hydrogens (primary N) is 1. The number of ketones is 1. The Kier molecular flexibility index (Phi) is 4.21. The lowest BCUT2D eigenvalue weighted by Gasteiger charge is -2.09. The van der Waals surface area contributed by atoms with Gasteiger partial charge in [-0.2, -0.15) is 0 Å². The van der Waals surface area contributed by atoms with Crippen LogP contribution >= 0.6 is 0 Å². The van der Waals surface area contributed by atoms with Crippen LogP contribution in [0.4, 0.5) is 10.1 Å². The molecule has 1 aromatic heterocycles. The number of aromatic nitrogens is 1. The average Bonchev–Trinajstić information content (AvgIpc) is 2.91. The van der Waals surface area contributed by atoms with Crippen LogP contribution in [0.15, 0.2) is 54.6 Å². The third-order valence-corrected chi connectivity index (χ3v) is 4.22. The van der Waals surface area contributed by atoms with Gasteiger partial charge in [-0.15, -0.1) is 0 Å². The lowest BCUT2D eigenvalue weighted by molar-refractivity contribution is 0.103. The van der Waals surface area contributed by atoms with Crippen LogP contribution in [-0.4, -0.2) is 10.4 Å². The van der Waals surface area contributed by atoms with Gasteiger partial charge in [0.2, 0.25) is 5.78 Å². The first kappa shape index (κ1) is 16.0. The highest BCUT2D eigenvalue weighted by molar-refractivity contribution is 6.08. The zero-order chi connectivity index (χ0) is 17.3. The fourth-order valence-electron chi connectivity index (χ4n) is 2.71. The molecule has 3 nitrogen and oxygen atoms in total. The molecule has 0 aliphatic carbocycles. The number of halogens is 1. The molecule has 2 aromatic carbocycles. The van der Waals surface area contributed by atoms with E-state index >= 15 is 0 Å². The first-order chi connectivity index (χ1) is 11.5. The number of hydrogen-bond acceptors (Lipinski definition) is 2. The molecule has 2 N–H and O–H groups in total. The van der Waals surface area contributed by atoms with E-state index in [9.17, 15) is 9.18 Å². The first-order valence-corrected chi connectivity index (χ1v) is 7.75. The zero-order valence-corrected chi connectivity index (χ0v) is 13.7. The normalized spacial score (nSPS) is 10.8. The summed E-state index contributed by atoms with van der Waals surface area (Å²) in [7, 11) is 1.83. The second-order valence-corrected chi connectivity index (χ2v) is 5.99. The summed E-state index contributed by atoms with van der Waals surface area (Å²) in [5.41, 5.74) is 9.75. The molecular formula is C20H19FN2O. The van der Waals surface area contributed by atoms with Gasteiger partial charge in [0, 0.05) is 30.4 Å². The third-order valence-electron chi connectivity index (χ3n) is 4.22. The number of carbonyl (C=O) groups excluding carboxylic acids is 1. The lowest BCUT2D eigenvalue weighted by Crippen LogP contribution is -2.10. The van der Waals surface area contributed by atoms with Gasteiger partial charge in [-0.3, -0.25) is 4.79 Å². The Bertz CT molecular complexity index is 895. The monoisotopic (exact) mass is 322 g/mol. The Morgan fingerprint density at radius 1 is 1.08 bits per heavy atom. The van der Waals surface area contributed by atoms with Crippen LogP contribution in [0.3, 0.4) is 0 Å². The Morgan fingerprint density at radius 3 is 2.46 bits per heavy atom. The van der Waals surface area contributed by atoms with Crippen molar-refractivity contribution in [1.29, 1.82) is 0 Å². The Hall–Kier alpha value is -2.88. The maximum atomic E-state index is 14.0. The molecule has 0 saturated carbocycles. The summed E-state index contributed by atoms with van der Waals surface area (Å²) < 4.78 is 15.8. The summed E-state index contributed by atoms with van der Waals surface area (Å²) in [6, 6.07) is 15.8. The summed E-state index contributed by atoms with van der Waals surface area (Å²) in [5.74, 6) is -0.371. The minimum atomic E-state index is -0.331. The van der Waals surface area contributed by atoms with Crippen molar-refractivity contribution >= 4 is 11.5 Å². The highest BCUT2D eigenvalue weighted by Crippen LogP contribution is 2.19. The van der Waals surface area contributed by atoms with Crippen LogP contribution in [0, 0.1) is 12.7 Å². The molecule has 0 unspecified atom stereocenters. The number of nitrogen functional groups attached to an aromatic ring is 1. The van der Waals surface area contributed by atoms with Gasteiger partial charge in [0.15, 0.2) is 0 Å². The van der Waals surface area contributed by atoms with E-state index in [1.807, 2.05) is 48.9 Å². The molecule has 0 aliphatic heterocycles. The molecule has 4 heteroatoms. The second kappa shape index (κ2) is 6.32. The summed E-state index contributed by atoms with van der Waals surface area (Å²) >= 11 is 0. The predicted molar refractivity (Wildman–Crippen MR) is 93.6 cm³/mol. The first-order valence-electron chi connectivity index (χ1n) is 7.75. The topological polar surface area (TPSA) is 48.0 Å². The minimum Gasteiger partial charge on any atom is -0.399 e. The van der Waals surface area contributed by atoms with Crippen molar-refractivity contribution < 1.29 is 9.18 Å². The van der Waals surface area contributed by atoms with Crippen LogP contribution in [0.5, 0.6) is 0 Å². The number of benzene rings is 2. The van der Waals surface area contributed by atoms with E-state index in [1.54, 1.807) is 18.2 Å². The van der Waals surface area contributed by atoms with Crippen molar-refractivity contribution in [3.05, 3.63) is 88.5 Å². The van der Waals surface area contributed by atoms with Crippen LogP contribution in [0.25, 0.3) is 0 Å². The summed E-state index contributed by atoms with van der Waals surface area (Å²) in [4.78, 5) is 12.6. The van der Waals surface area contributed by atoms with E-state index in [-0.39, 0.29) is 11.6 Å². The van der Waals surface area contributed by atoms with E-state index < -0.39 is 0 Å². The molecule has 0 amide bonds. The van der Waals surface area contributed by atoms with Gasteiger partial charge < -0.3 is 10.3 Å². The molecule has 1 heterocycles. The summed E-state index contributed by atoms with van der Waals surface area (Å²) in [6.07, 6.45) is 0.407. The van der Waals surface area contributed by atoms with Gasteiger partial charge in [-0.05, 0) is 36.8 Å². The molecule has 24 heavy (non-hydrogen) atoms. The van der Waals surface area contributed by atoms with E-state index in [0.29, 0.717) is 28.9 Å². The standard InChI is InChI=1S/C20H19FN2O/c1-13-3-5-14(6-4-13)20(24)19-10-9-17(23(19)2)11-15-7-8-16(22)12-18(15)21/h3-10,12H,11,22H2,1-2H3. The highest BCUT2D eigenvalue weighted by atomic mass is 19.1. The molecule has 0 spiro atoms. The third kappa shape index (κ3) is 3.08. The molecule has 3 rings (SSSR count). The quantitative estimate of drug-likeness (QED) is 0.585.